The lowest BCUT2D eigenvalue weighted by Crippen LogP contribution is -2.27. The lowest BCUT2D eigenvalue weighted by atomic mass is 9.94. The van der Waals surface area contributed by atoms with Crippen molar-refractivity contribution in [2.75, 3.05) is 13.1 Å². The summed E-state index contributed by atoms with van der Waals surface area (Å²) in [7, 11) is 0. The molecule has 1 N–H and O–H groups in total. The van der Waals surface area contributed by atoms with Crippen LogP contribution in [-0.4, -0.2) is 23.1 Å². The summed E-state index contributed by atoms with van der Waals surface area (Å²) in [4.78, 5) is 8.86. The molecule has 88 valence electrons. The molecule has 0 bridgehead atoms. The average Bonchev–Trinajstić information content (AvgIpc) is 2.94. The van der Waals surface area contributed by atoms with Gasteiger partial charge in [0.1, 0.15) is 0 Å². The molecule has 0 aliphatic carbocycles. The van der Waals surface area contributed by atoms with Gasteiger partial charge in [-0.2, -0.15) is 0 Å². The zero-order valence-electron chi connectivity index (χ0n) is 9.60. The van der Waals surface area contributed by atoms with Gasteiger partial charge in [-0.3, -0.25) is 0 Å². The number of nitrogens with one attached hydrogen (secondary N) is 1. The molecule has 4 heteroatoms. The average molecular weight is 229 g/mol. The van der Waals surface area contributed by atoms with Crippen LogP contribution < -0.4 is 5.32 Å². The lowest BCUT2D eigenvalue weighted by Gasteiger charge is -2.22. The second kappa shape index (κ2) is 4.67. The standard InChI is InChI=1S/C13H15N3O/c1-2-12(17-9-1)13-15-8-5-11(16-13)10-3-6-14-7-4-10/h1-2,5,8-10,14H,3-4,6-7H2. The van der Waals surface area contributed by atoms with Gasteiger partial charge >= 0.3 is 0 Å². The van der Waals surface area contributed by atoms with Gasteiger partial charge in [0.2, 0.25) is 0 Å². The highest BCUT2D eigenvalue weighted by atomic mass is 16.3. The van der Waals surface area contributed by atoms with Crippen LogP contribution in [0.4, 0.5) is 0 Å². The number of piperidine rings is 1. The van der Waals surface area contributed by atoms with E-state index in [2.05, 4.69) is 15.3 Å². The molecule has 3 rings (SSSR count). The van der Waals surface area contributed by atoms with Gasteiger partial charge in [0, 0.05) is 17.8 Å². The van der Waals surface area contributed by atoms with Crippen LogP contribution in [0.15, 0.2) is 35.1 Å². The third-order valence-corrected chi connectivity index (χ3v) is 3.18. The molecule has 2 aromatic heterocycles. The molecule has 0 unspecified atom stereocenters. The third kappa shape index (κ3) is 2.22. The fraction of sp³-hybridized carbons (Fsp3) is 0.385. The smallest absolute Gasteiger partial charge is 0.195 e. The Hall–Kier alpha value is -1.68. The van der Waals surface area contributed by atoms with Crippen molar-refractivity contribution in [2.24, 2.45) is 0 Å². The van der Waals surface area contributed by atoms with E-state index in [1.54, 1.807) is 6.26 Å². The van der Waals surface area contributed by atoms with Gasteiger partial charge in [-0.1, -0.05) is 0 Å². The third-order valence-electron chi connectivity index (χ3n) is 3.18. The van der Waals surface area contributed by atoms with E-state index in [1.165, 1.54) is 0 Å². The zero-order chi connectivity index (χ0) is 11.5. The van der Waals surface area contributed by atoms with Gasteiger partial charge < -0.3 is 9.73 Å². The van der Waals surface area contributed by atoms with E-state index in [4.69, 9.17) is 4.42 Å². The fourth-order valence-electron chi connectivity index (χ4n) is 2.24. The predicted octanol–water partition coefficient (Wildman–Crippen LogP) is 2.20. The quantitative estimate of drug-likeness (QED) is 0.857. The van der Waals surface area contributed by atoms with Crippen molar-refractivity contribution >= 4 is 0 Å². The molecule has 0 saturated carbocycles. The summed E-state index contributed by atoms with van der Waals surface area (Å²) in [5.74, 6) is 1.97. The Labute approximate surface area is 100 Å². The molecule has 2 aromatic rings. The van der Waals surface area contributed by atoms with Crippen molar-refractivity contribution in [3.63, 3.8) is 0 Å². The van der Waals surface area contributed by atoms with Crippen LogP contribution in [0, 0.1) is 0 Å². The van der Waals surface area contributed by atoms with Crippen LogP contribution in [0.3, 0.4) is 0 Å². The summed E-state index contributed by atoms with van der Waals surface area (Å²) in [5.41, 5.74) is 1.13. The van der Waals surface area contributed by atoms with Crippen molar-refractivity contribution < 1.29 is 4.42 Å². The highest BCUT2D eigenvalue weighted by molar-refractivity contribution is 5.46. The van der Waals surface area contributed by atoms with Crippen molar-refractivity contribution in [2.45, 2.75) is 18.8 Å². The number of hydrogen-bond donors (Lipinski definition) is 1. The first-order valence-electron chi connectivity index (χ1n) is 6.01. The highest BCUT2D eigenvalue weighted by Gasteiger charge is 2.17. The highest BCUT2D eigenvalue weighted by Crippen LogP contribution is 2.25. The van der Waals surface area contributed by atoms with Crippen LogP contribution in [0.25, 0.3) is 11.6 Å². The summed E-state index contributed by atoms with van der Waals surface area (Å²) in [6, 6.07) is 5.76. The Morgan fingerprint density at radius 1 is 1.24 bits per heavy atom. The summed E-state index contributed by atoms with van der Waals surface area (Å²) in [6.07, 6.45) is 5.77. The summed E-state index contributed by atoms with van der Waals surface area (Å²) >= 11 is 0. The predicted molar refractivity (Wildman–Crippen MR) is 64.6 cm³/mol. The summed E-state index contributed by atoms with van der Waals surface area (Å²) < 4.78 is 5.32. The SMILES string of the molecule is c1coc(-c2nccc(C3CCNCC3)n2)c1. The first-order chi connectivity index (χ1) is 8.43. The summed E-state index contributed by atoms with van der Waals surface area (Å²) in [5, 5.41) is 3.36. The number of aromatic nitrogens is 2. The molecule has 17 heavy (non-hydrogen) atoms. The molecule has 1 fully saturated rings. The molecule has 0 radical (unpaired) electrons. The van der Waals surface area contributed by atoms with Crippen LogP contribution in [0.2, 0.25) is 0 Å². The number of nitrogens with zero attached hydrogens (tertiary/aromatic N) is 2. The molecule has 0 amide bonds. The van der Waals surface area contributed by atoms with Gasteiger partial charge in [0.15, 0.2) is 11.6 Å². The largest absolute Gasteiger partial charge is 0.461 e. The van der Waals surface area contributed by atoms with Crippen molar-refractivity contribution in [1.82, 2.24) is 15.3 Å². The number of rotatable bonds is 2. The topological polar surface area (TPSA) is 51.0 Å². The normalized spacial score (nSPS) is 17.2. The Morgan fingerprint density at radius 3 is 2.88 bits per heavy atom. The fourth-order valence-corrected chi connectivity index (χ4v) is 2.24. The van der Waals surface area contributed by atoms with Gasteiger partial charge in [0.25, 0.3) is 0 Å². The minimum Gasteiger partial charge on any atom is -0.461 e. The van der Waals surface area contributed by atoms with Gasteiger partial charge in [-0.25, -0.2) is 9.97 Å². The number of hydrogen-bond acceptors (Lipinski definition) is 4. The van der Waals surface area contributed by atoms with Crippen molar-refractivity contribution in [3.8, 4) is 11.6 Å². The Balaban J connectivity index is 1.88. The zero-order valence-corrected chi connectivity index (χ0v) is 9.60. The monoisotopic (exact) mass is 229 g/mol. The lowest BCUT2D eigenvalue weighted by molar-refractivity contribution is 0.452. The molecule has 0 spiro atoms. The molecule has 1 saturated heterocycles. The Morgan fingerprint density at radius 2 is 2.12 bits per heavy atom. The maximum absolute atomic E-state index is 5.32. The maximum atomic E-state index is 5.32. The van der Waals surface area contributed by atoms with E-state index in [-0.39, 0.29) is 0 Å². The van der Waals surface area contributed by atoms with E-state index < -0.39 is 0 Å². The molecule has 1 aliphatic rings. The first-order valence-corrected chi connectivity index (χ1v) is 6.01. The van der Waals surface area contributed by atoms with E-state index in [0.717, 1.165) is 37.4 Å². The van der Waals surface area contributed by atoms with Crippen LogP contribution in [-0.2, 0) is 0 Å². The van der Waals surface area contributed by atoms with Gasteiger partial charge in [-0.05, 0) is 44.1 Å². The van der Waals surface area contributed by atoms with Crippen LogP contribution >= 0.6 is 0 Å². The minimum absolute atomic E-state index is 0.549. The second-order valence-electron chi connectivity index (χ2n) is 4.31. The van der Waals surface area contributed by atoms with Gasteiger partial charge in [0.05, 0.1) is 6.26 Å². The Bertz CT molecular complexity index is 475. The second-order valence-corrected chi connectivity index (χ2v) is 4.31. The van der Waals surface area contributed by atoms with Crippen LogP contribution in [0.1, 0.15) is 24.5 Å². The number of furan rings is 1. The molecule has 4 nitrogen and oxygen atoms in total. The Kier molecular flexibility index (Phi) is 2.88. The molecule has 3 heterocycles. The van der Waals surface area contributed by atoms with E-state index in [1.807, 2.05) is 24.4 Å². The van der Waals surface area contributed by atoms with E-state index in [0.29, 0.717) is 11.7 Å². The van der Waals surface area contributed by atoms with Gasteiger partial charge in [-0.15, -0.1) is 0 Å². The molecule has 1 aliphatic heterocycles. The molecular weight excluding hydrogens is 214 g/mol. The first kappa shape index (κ1) is 10.5. The molecule has 0 atom stereocenters. The van der Waals surface area contributed by atoms with Crippen molar-refractivity contribution in [3.05, 3.63) is 36.4 Å². The maximum Gasteiger partial charge on any atom is 0.195 e. The van der Waals surface area contributed by atoms with E-state index in [9.17, 15) is 0 Å². The molecule has 0 aromatic carbocycles. The van der Waals surface area contributed by atoms with Crippen LogP contribution in [0.5, 0.6) is 0 Å². The molecular formula is C13H15N3O. The van der Waals surface area contributed by atoms with Crippen molar-refractivity contribution in [1.29, 1.82) is 0 Å². The summed E-state index contributed by atoms with van der Waals surface area (Å²) in [6.45, 7) is 2.15. The minimum atomic E-state index is 0.549. The van der Waals surface area contributed by atoms with E-state index >= 15 is 0 Å².